The Bertz CT molecular complexity index is 869. The van der Waals surface area contributed by atoms with Crippen molar-refractivity contribution in [1.29, 1.82) is 0 Å². The second kappa shape index (κ2) is 12.0. The smallest absolute Gasteiger partial charge is 0.410 e. The highest BCUT2D eigenvalue weighted by molar-refractivity contribution is 5.94. The average Bonchev–Trinajstić information content (AvgIpc) is 2.82. The second-order valence-electron chi connectivity index (χ2n) is 8.11. The molecule has 1 atom stereocenters. The molecule has 2 heterocycles. The second-order valence-corrected chi connectivity index (χ2v) is 8.11. The number of anilines is 1. The van der Waals surface area contributed by atoms with Crippen LogP contribution in [0.1, 0.15) is 35.7 Å². The van der Waals surface area contributed by atoms with Crippen LogP contribution in [-0.2, 0) is 16.1 Å². The van der Waals surface area contributed by atoms with E-state index < -0.39 is 0 Å². The Morgan fingerprint density at radius 3 is 2.66 bits per heavy atom. The van der Waals surface area contributed by atoms with E-state index in [0.29, 0.717) is 43.5 Å². The van der Waals surface area contributed by atoms with Crippen molar-refractivity contribution in [2.75, 3.05) is 38.7 Å². The van der Waals surface area contributed by atoms with E-state index in [1.54, 1.807) is 30.3 Å². The van der Waals surface area contributed by atoms with Crippen molar-refractivity contribution >= 4 is 17.8 Å². The molecule has 1 unspecified atom stereocenters. The van der Waals surface area contributed by atoms with E-state index in [1.165, 1.54) is 0 Å². The Hall–Kier alpha value is -3.13. The largest absolute Gasteiger partial charge is 0.445 e. The van der Waals surface area contributed by atoms with Gasteiger partial charge in [-0.15, -0.1) is 0 Å². The number of carbonyl (C=O) groups is 2. The minimum Gasteiger partial charge on any atom is -0.445 e. The zero-order valence-corrected chi connectivity index (χ0v) is 18.8. The molecule has 0 spiro atoms. The van der Waals surface area contributed by atoms with Crippen LogP contribution < -0.4 is 10.6 Å². The van der Waals surface area contributed by atoms with Gasteiger partial charge >= 0.3 is 6.09 Å². The monoisotopic (exact) mass is 440 g/mol. The number of benzene rings is 1. The SMILES string of the molecule is COCC(C)Nc1cc(C(=O)NCC2CCN(C(=O)OCc3ccccc3)CC2)ccn1. The number of nitrogens with one attached hydrogen (secondary N) is 2. The van der Waals surface area contributed by atoms with Crippen LogP contribution in [0, 0.1) is 5.92 Å². The first kappa shape index (κ1) is 23.5. The van der Waals surface area contributed by atoms with Crippen LogP contribution in [0.15, 0.2) is 48.7 Å². The lowest BCUT2D eigenvalue weighted by molar-refractivity contribution is 0.0801. The van der Waals surface area contributed by atoms with Gasteiger partial charge in [0.2, 0.25) is 0 Å². The Balaban J connectivity index is 1.39. The molecular weight excluding hydrogens is 408 g/mol. The summed E-state index contributed by atoms with van der Waals surface area (Å²) < 4.78 is 10.5. The fourth-order valence-corrected chi connectivity index (χ4v) is 3.66. The molecule has 0 radical (unpaired) electrons. The van der Waals surface area contributed by atoms with E-state index in [0.717, 1.165) is 18.4 Å². The van der Waals surface area contributed by atoms with Gasteiger partial charge in [-0.3, -0.25) is 4.79 Å². The van der Waals surface area contributed by atoms with Crippen molar-refractivity contribution in [1.82, 2.24) is 15.2 Å². The van der Waals surface area contributed by atoms with Gasteiger partial charge < -0.3 is 25.0 Å². The van der Waals surface area contributed by atoms with E-state index in [2.05, 4.69) is 15.6 Å². The highest BCUT2D eigenvalue weighted by Gasteiger charge is 2.24. The first-order valence-corrected chi connectivity index (χ1v) is 11.0. The van der Waals surface area contributed by atoms with Gasteiger partial charge in [0.15, 0.2) is 0 Å². The van der Waals surface area contributed by atoms with Gasteiger partial charge in [-0.25, -0.2) is 9.78 Å². The summed E-state index contributed by atoms with van der Waals surface area (Å²) in [7, 11) is 1.65. The standard InChI is InChI=1S/C24H32N4O4/c1-18(16-31-2)27-22-14-21(8-11-25-22)23(29)26-15-19-9-12-28(13-10-19)24(30)32-17-20-6-4-3-5-7-20/h3-8,11,14,18-19H,9-10,12-13,15-17H2,1-2H3,(H,25,27)(H,26,29). The number of piperidine rings is 1. The molecule has 2 amide bonds. The highest BCUT2D eigenvalue weighted by atomic mass is 16.6. The maximum atomic E-state index is 12.6. The molecule has 1 saturated heterocycles. The molecule has 8 nitrogen and oxygen atoms in total. The van der Waals surface area contributed by atoms with Crippen LogP contribution >= 0.6 is 0 Å². The number of rotatable bonds is 9. The van der Waals surface area contributed by atoms with Crippen molar-refractivity contribution in [2.24, 2.45) is 5.92 Å². The summed E-state index contributed by atoms with van der Waals surface area (Å²) >= 11 is 0. The van der Waals surface area contributed by atoms with Crippen LogP contribution in [0.4, 0.5) is 10.6 Å². The van der Waals surface area contributed by atoms with E-state index in [1.807, 2.05) is 37.3 Å². The molecule has 32 heavy (non-hydrogen) atoms. The molecule has 1 aliphatic heterocycles. The normalized spacial score (nSPS) is 15.1. The molecule has 0 bridgehead atoms. The quantitative estimate of drug-likeness (QED) is 0.622. The maximum Gasteiger partial charge on any atom is 0.410 e. The van der Waals surface area contributed by atoms with Crippen LogP contribution in [0.25, 0.3) is 0 Å². The lowest BCUT2D eigenvalue weighted by Crippen LogP contribution is -2.41. The van der Waals surface area contributed by atoms with Crippen molar-refractivity contribution < 1.29 is 19.1 Å². The number of carbonyl (C=O) groups excluding carboxylic acids is 2. The highest BCUT2D eigenvalue weighted by Crippen LogP contribution is 2.18. The van der Waals surface area contributed by atoms with E-state index in [4.69, 9.17) is 9.47 Å². The molecular formula is C24H32N4O4. The van der Waals surface area contributed by atoms with Crippen LogP contribution in [-0.4, -0.2) is 61.3 Å². The third-order valence-corrected chi connectivity index (χ3v) is 5.46. The Labute approximate surface area is 189 Å². The van der Waals surface area contributed by atoms with Crippen molar-refractivity contribution in [2.45, 2.75) is 32.4 Å². The molecule has 1 fully saturated rings. The third kappa shape index (κ3) is 7.23. The first-order chi connectivity index (χ1) is 15.5. The van der Waals surface area contributed by atoms with Gasteiger partial charge in [0.05, 0.1) is 6.61 Å². The summed E-state index contributed by atoms with van der Waals surface area (Å²) in [6.07, 6.45) is 3.00. The topological polar surface area (TPSA) is 92.8 Å². The molecule has 3 rings (SSSR count). The maximum absolute atomic E-state index is 12.6. The molecule has 8 heteroatoms. The van der Waals surface area contributed by atoms with Gasteiger partial charge in [-0.05, 0) is 43.4 Å². The molecule has 172 valence electrons. The van der Waals surface area contributed by atoms with Gasteiger partial charge in [-0.1, -0.05) is 30.3 Å². The van der Waals surface area contributed by atoms with Gasteiger partial charge in [0, 0.05) is 44.5 Å². The molecule has 1 aromatic carbocycles. The first-order valence-electron chi connectivity index (χ1n) is 11.0. The fraction of sp³-hybridized carbons (Fsp3) is 0.458. The van der Waals surface area contributed by atoms with Gasteiger partial charge in [-0.2, -0.15) is 0 Å². The Morgan fingerprint density at radius 2 is 1.94 bits per heavy atom. The van der Waals surface area contributed by atoms with E-state index >= 15 is 0 Å². The number of amides is 2. The average molecular weight is 441 g/mol. The number of aromatic nitrogens is 1. The number of likely N-dealkylation sites (tertiary alicyclic amines) is 1. The lowest BCUT2D eigenvalue weighted by atomic mass is 9.97. The van der Waals surface area contributed by atoms with Gasteiger partial charge in [0.25, 0.3) is 5.91 Å². The summed E-state index contributed by atoms with van der Waals surface area (Å²) in [5.41, 5.74) is 1.54. The summed E-state index contributed by atoms with van der Waals surface area (Å²) in [5.74, 6) is 0.849. The fourth-order valence-electron chi connectivity index (χ4n) is 3.66. The van der Waals surface area contributed by atoms with E-state index in [-0.39, 0.29) is 24.6 Å². The van der Waals surface area contributed by atoms with E-state index in [9.17, 15) is 9.59 Å². The Kier molecular flexibility index (Phi) is 8.86. The summed E-state index contributed by atoms with van der Waals surface area (Å²) in [6, 6.07) is 13.2. The molecule has 2 N–H and O–H groups in total. The zero-order valence-electron chi connectivity index (χ0n) is 18.8. The van der Waals surface area contributed by atoms with Crippen LogP contribution in [0.3, 0.4) is 0 Å². The van der Waals surface area contributed by atoms with Crippen molar-refractivity contribution in [3.63, 3.8) is 0 Å². The molecule has 0 aliphatic carbocycles. The number of nitrogens with zero attached hydrogens (tertiary/aromatic N) is 2. The number of ether oxygens (including phenoxy) is 2. The summed E-state index contributed by atoms with van der Waals surface area (Å²) in [4.78, 5) is 30.9. The Morgan fingerprint density at radius 1 is 1.19 bits per heavy atom. The van der Waals surface area contributed by atoms with Crippen molar-refractivity contribution in [3.8, 4) is 0 Å². The number of methoxy groups -OCH3 is 1. The lowest BCUT2D eigenvalue weighted by Gasteiger charge is -2.31. The van der Waals surface area contributed by atoms with Crippen molar-refractivity contribution in [3.05, 3.63) is 59.8 Å². The molecule has 0 saturated carbocycles. The minimum absolute atomic E-state index is 0.0929. The van der Waals surface area contributed by atoms with Crippen LogP contribution in [0.2, 0.25) is 0 Å². The summed E-state index contributed by atoms with van der Waals surface area (Å²) in [5, 5.41) is 6.23. The third-order valence-electron chi connectivity index (χ3n) is 5.46. The zero-order chi connectivity index (χ0) is 22.8. The minimum atomic E-state index is -0.282. The molecule has 1 aromatic heterocycles. The predicted molar refractivity (Wildman–Crippen MR) is 122 cm³/mol. The van der Waals surface area contributed by atoms with Gasteiger partial charge in [0.1, 0.15) is 12.4 Å². The number of hydrogen-bond acceptors (Lipinski definition) is 6. The van der Waals surface area contributed by atoms with Crippen LogP contribution in [0.5, 0.6) is 0 Å². The summed E-state index contributed by atoms with van der Waals surface area (Å²) in [6.45, 7) is 4.67. The molecule has 1 aliphatic rings. The number of hydrogen-bond donors (Lipinski definition) is 2. The number of pyridine rings is 1. The molecule has 2 aromatic rings. The predicted octanol–water partition coefficient (Wildman–Crippen LogP) is 3.31.